The van der Waals surface area contributed by atoms with Crippen LogP contribution in [-0.4, -0.2) is 53.2 Å². The van der Waals surface area contributed by atoms with Crippen LogP contribution < -0.4 is 4.74 Å². The number of aliphatic hydroxyl groups is 1. The summed E-state index contributed by atoms with van der Waals surface area (Å²) >= 11 is 0. The number of ether oxygens (including phenoxy) is 2. The number of phenolic OH excluding ortho intramolecular Hbond substituents is 1. The largest absolute Gasteiger partial charge is 0.508 e. The maximum atomic E-state index is 13.0. The highest BCUT2D eigenvalue weighted by Crippen LogP contribution is 2.40. The molecule has 0 spiro atoms. The summed E-state index contributed by atoms with van der Waals surface area (Å²) in [5, 5.41) is 20.7. The van der Waals surface area contributed by atoms with E-state index in [0.717, 1.165) is 12.8 Å². The minimum atomic E-state index is -0.767. The van der Waals surface area contributed by atoms with E-state index in [9.17, 15) is 19.8 Å². The van der Waals surface area contributed by atoms with Gasteiger partial charge in [0.1, 0.15) is 17.3 Å². The number of aliphatic hydroxyl groups excluding tert-OH is 1. The van der Waals surface area contributed by atoms with E-state index in [1.54, 1.807) is 36.4 Å². The number of amides is 1. The fourth-order valence-corrected chi connectivity index (χ4v) is 3.98. The highest BCUT2D eigenvalue weighted by molar-refractivity contribution is 6.46. The lowest BCUT2D eigenvalue weighted by Gasteiger charge is -2.27. The molecule has 7 heteroatoms. The molecule has 2 aliphatic rings. The molecule has 0 bridgehead atoms. The number of hydrogen-bond acceptors (Lipinski definition) is 6. The number of phenols is 1. The molecule has 4 rings (SSSR count). The molecule has 0 aromatic heterocycles. The Morgan fingerprint density at radius 1 is 1.13 bits per heavy atom. The Morgan fingerprint density at radius 2 is 1.83 bits per heavy atom. The molecule has 0 saturated carbocycles. The maximum Gasteiger partial charge on any atom is 0.295 e. The second-order valence-corrected chi connectivity index (χ2v) is 7.41. The Bertz CT molecular complexity index is 974. The molecule has 7 nitrogen and oxygen atoms in total. The number of Topliss-reactive ketones (excluding diaryl/α,β-unsaturated/α-hetero) is 1. The van der Waals surface area contributed by atoms with Gasteiger partial charge in [-0.25, -0.2) is 0 Å². The Kier molecular flexibility index (Phi) is 5.46. The quantitative estimate of drug-likeness (QED) is 0.448. The second-order valence-electron chi connectivity index (χ2n) is 7.41. The van der Waals surface area contributed by atoms with Crippen molar-refractivity contribution in [2.24, 2.45) is 0 Å². The first-order valence-electron chi connectivity index (χ1n) is 9.83. The highest BCUT2D eigenvalue weighted by atomic mass is 16.5. The first-order chi connectivity index (χ1) is 14.5. The zero-order valence-electron chi connectivity index (χ0n) is 16.6. The monoisotopic (exact) mass is 409 g/mol. The van der Waals surface area contributed by atoms with Crippen LogP contribution in [0.4, 0.5) is 0 Å². The highest BCUT2D eigenvalue weighted by Gasteiger charge is 2.47. The Hall–Kier alpha value is -3.32. The average molecular weight is 409 g/mol. The van der Waals surface area contributed by atoms with Gasteiger partial charge in [0.15, 0.2) is 0 Å². The van der Waals surface area contributed by atoms with Gasteiger partial charge in [0, 0.05) is 18.7 Å². The van der Waals surface area contributed by atoms with Crippen LogP contribution in [0.5, 0.6) is 11.5 Å². The van der Waals surface area contributed by atoms with E-state index >= 15 is 0 Å². The molecule has 2 N–H and O–H groups in total. The third kappa shape index (κ3) is 3.64. The van der Waals surface area contributed by atoms with Crippen molar-refractivity contribution >= 4 is 17.4 Å². The molecule has 0 radical (unpaired) electrons. The molecular weight excluding hydrogens is 386 g/mol. The van der Waals surface area contributed by atoms with Crippen LogP contribution in [0.2, 0.25) is 0 Å². The summed E-state index contributed by atoms with van der Waals surface area (Å²) in [5.41, 5.74) is 1.06. The first kappa shape index (κ1) is 20.0. The molecule has 1 amide bonds. The van der Waals surface area contributed by atoms with Gasteiger partial charge in [-0.15, -0.1) is 0 Å². The number of nitrogens with zero attached hydrogens (tertiary/aromatic N) is 1. The van der Waals surface area contributed by atoms with Crippen LogP contribution in [0.15, 0.2) is 54.1 Å². The molecule has 2 aromatic rings. The van der Waals surface area contributed by atoms with Crippen molar-refractivity contribution in [2.45, 2.75) is 25.0 Å². The van der Waals surface area contributed by atoms with E-state index in [0.29, 0.717) is 23.5 Å². The molecular formula is C23H23NO6. The molecule has 2 fully saturated rings. The van der Waals surface area contributed by atoms with Gasteiger partial charge in [0.25, 0.3) is 11.7 Å². The van der Waals surface area contributed by atoms with Crippen molar-refractivity contribution in [1.82, 2.24) is 4.90 Å². The summed E-state index contributed by atoms with van der Waals surface area (Å²) in [5.74, 6) is -0.965. The van der Waals surface area contributed by atoms with Gasteiger partial charge in [-0.3, -0.25) is 9.59 Å². The molecule has 0 unspecified atom stereocenters. The van der Waals surface area contributed by atoms with Gasteiger partial charge in [-0.05, 0) is 54.8 Å². The normalized spacial score (nSPS) is 23.2. The summed E-state index contributed by atoms with van der Waals surface area (Å²) in [6.07, 6.45) is 1.57. The lowest BCUT2D eigenvalue weighted by Crippen LogP contribution is -2.36. The van der Waals surface area contributed by atoms with Gasteiger partial charge >= 0.3 is 0 Å². The van der Waals surface area contributed by atoms with Crippen LogP contribution in [-0.2, 0) is 14.3 Å². The molecule has 0 aliphatic carbocycles. The van der Waals surface area contributed by atoms with Crippen molar-refractivity contribution in [3.8, 4) is 11.5 Å². The number of hydrogen-bond donors (Lipinski definition) is 2. The van der Waals surface area contributed by atoms with Crippen molar-refractivity contribution < 1.29 is 29.3 Å². The van der Waals surface area contributed by atoms with Crippen molar-refractivity contribution in [3.63, 3.8) is 0 Å². The topological polar surface area (TPSA) is 96.3 Å². The lowest BCUT2D eigenvalue weighted by molar-refractivity contribution is -0.140. The number of carbonyl (C=O) groups is 2. The van der Waals surface area contributed by atoms with Crippen LogP contribution in [0, 0.1) is 0 Å². The maximum absolute atomic E-state index is 13.0. The summed E-state index contributed by atoms with van der Waals surface area (Å²) in [6, 6.07) is 12.1. The molecule has 2 saturated heterocycles. The van der Waals surface area contributed by atoms with E-state index in [4.69, 9.17) is 9.47 Å². The van der Waals surface area contributed by atoms with Gasteiger partial charge < -0.3 is 24.6 Å². The van der Waals surface area contributed by atoms with E-state index in [-0.39, 0.29) is 29.7 Å². The third-order valence-electron chi connectivity index (χ3n) is 5.54. The molecule has 156 valence electrons. The summed E-state index contributed by atoms with van der Waals surface area (Å²) in [4.78, 5) is 27.3. The fraction of sp³-hybridized carbons (Fsp3) is 0.304. The summed E-state index contributed by atoms with van der Waals surface area (Å²) in [6.45, 7) is 0.889. The third-order valence-corrected chi connectivity index (χ3v) is 5.54. The SMILES string of the molecule is COc1ccc(/C(O)=C2\C(=O)C(=O)N(C[C@H]3CCCO3)[C@H]2c2ccc(O)cc2)cc1. The minimum Gasteiger partial charge on any atom is -0.508 e. The zero-order chi connectivity index (χ0) is 21.3. The molecule has 2 aromatic carbocycles. The number of benzene rings is 2. The summed E-state index contributed by atoms with van der Waals surface area (Å²) in [7, 11) is 1.54. The Balaban J connectivity index is 1.80. The van der Waals surface area contributed by atoms with E-state index in [2.05, 4.69) is 0 Å². The first-order valence-corrected chi connectivity index (χ1v) is 9.83. The van der Waals surface area contributed by atoms with Crippen LogP contribution in [0.1, 0.15) is 30.0 Å². The standard InChI is InChI=1S/C23H23NO6/c1-29-17-10-6-15(7-11-17)21(26)19-20(14-4-8-16(25)9-5-14)24(23(28)22(19)27)13-18-3-2-12-30-18/h4-11,18,20,25-26H,2-3,12-13H2,1H3/b21-19+/t18-,20+/m1/s1. The van der Waals surface area contributed by atoms with Crippen LogP contribution in [0.25, 0.3) is 5.76 Å². The van der Waals surface area contributed by atoms with Gasteiger partial charge in [-0.1, -0.05) is 12.1 Å². The van der Waals surface area contributed by atoms with Crippen molar-refractivity contribution in [2.75, 3.05) is 20.3 Å². The molecule has 2 atom stereocenters. The van der Waals surface area contributed by atoms with E-state index < -0.39 is 17.7 Å². The number of aromatic hydroxyl groups is 1. The smallest absolute Gasteiger partial charge is 0.295 e. The van der Waals surface area contributed by atoms with E-state index in [1.807, 2.05) is 0 Å². The fourth-order valence-electron chi connectivity index (χ4n) is 3.98. The molecule has 30 heavy (non-hydrogen) atoms. The second kappa shape index (κ2) is 8.20. The Labute approximate surface area is 174 Å². The number of methoxy groups -OCH3 is 1. The lowest BCUT2D eigenvalue weighted by atomic mass is 9.95. The Morgan fingerprint density at radius 3 is 2.43 bits per heavy atom. The predicted octanol–water partition coefficient (Wildman–Crippen LogP) is 3.00. The van der Waals surface area contributed by atoms with Gasteiger partial charge in [0.2, 0.25) is 0 Å². The van der Waals surface area contributed by atoms with Crippen molar-refractivity contribution in [1.29, 1.82) is 0 Å². The summed E-state index contributed by atoms with van der Waals surface area (Å²) < 4.78 is 10.8. The van der Waals surface area contributed by atoms with Gasteiger partial charge in [-0.2, -0.15) is 0 Å². The molecule has 2 heterocycles. The molecule has 2 aliphatic heterocycles. The van der Waals surface area contributed by atoms with Crippen LogP contribution >= 0.6 is 0 Å². The minimum absolute atomic E-state index is 0.0221. The van der Waals surface area contributed by atoms with Crippen molar-refractivity contribution in [3.05, 3.63) is 65.2 Å². The average Bonchev–Trinajstić information content (AvgIpc) is 3.36. The number of ketones is 1. The number of carbonyl (C=O) groups excluding carboxylic acids is 2. The van der Waals surface area contributed by atoms with Gasteiger partial charge in [0.05, 0.1) is 24.8 Å². The van der Waals surface area contributed by atoms with Crippen LogP contribution in [0.3, 0.4) is 0 Å². The number of likely N-dealkylation sites (tertiary alicyclic amines) is 1. The zero-order valence-corrected chi connectivity index (χ0v) is 16.6. The number of rotatable bonds is 5. The van der Waals surface area contributed by atoms with E-state index in [1.165, 1.54) is 24.1 Å². The predicted molar refractivity (Wildman–Crippen MR) is 109 cm³/mol.